The molecule has 4 heterocycles. The standard InChI is InChI=1S/C26H6Cl8N2O4.C26H18N8O3.O3S/c27-14-10-11(15(28)19(32)18(14)31)24(38)9(23(10)37)7-5-4-6-2-1-3-8(22(6)35-7)36-25(39)12-13(26(36)40)17(30)21(34)20(33)16(12)29;1-37-19-9-7-18(8-10-19)31-25(36)21-13-16-5-2-3-6-20(16)22(23(21)35)32-33-24-17(14-27)15-30-34(24)26-28-11-4-12-29-26;1-4(2)3/h1-5,37H;2-13,15,35H,1H3,(H,31,36);. The monoisotopic (exact) mass is 1260 g/mol. The van der Waals surface area contributed by atoms with Crippen LogP contribution < -0.4 is 15.0 Å². The van der Waals surface area contributed by atoms with Crippen molar-refractivity contribution in [2.24, 2.45) is 10.2 Å². The Kier molecular flexibility index (Phi) is 16.6. The van der Waals surface area contributed by atoms with E-state index in [4.69, 9.17) is 110 Å². The molecule has 0 spiro atoms. The Labute approximate surface area is 495 Å². The topological polar surface area (TPSA) is 289 Å². The number of allylic oxidation sites excluding steroid dienone is 1. The van der Waals surface area contributed by atoms with Gasteiger partial charge < -0.3 is 20.3 Å². The second kappa shape index (κ2) is 23.4. The number of aliphatic hydroxyl groups is 1. The number of phenolic OH excluding ortho intramolecular Hbond substituents is 1. The van der Waals surface area contributed by atoms with E-state index in [0.717, 1.165) is 4.90 Å². The third kappa shape index (κ3) is 10.6. The van der Waals surface area contributed by atoms with E-state index in [-0.39, 0.29) is 119 Å². The number of anilines is 2. The number of ketones is 1. The summed E-state index contributed by atoms with van der Waals surface area (Å²) >= 11 is 49.7. The summed E-state index contributed by atoms with van der Waals surface area (Å²) in [5.41, 5.74) is 0.0201. The lowest BCUT2D eigenvalue weighted by Crippen LogP contribution is -2.29. The van der Waals surface area contributed by atoms with Crippen molar-refractivity contribution in [1.82, 2.24) is 24.7 Å². The molecule has 1 aliphatic heterocycles. The number of methoxy groups -OCH3 is 1. The highest BCUT2D eigenvalue weighted by atomic mass is 35.5. The molecule has 3 N–H and O–H groups in total. The third-order valence-electron chi connectivity index (χ3n) is 11.9. The first-order valence-electron chi connectivity index (χ1n) is 22.3. The molecule has 0 radical (unpaired) electrons. The van der Waals surface area contributed by atoms with Crippen LogP contribution in [0.3, 0.4) is 0 Å². The smallest absolute Gasteiger partial charge is 0.425 e. The Morgan fingerprint density at radius 3 is 1.89 bits per heavy atom. The van der Waals surface area contributed by atoms with Gasteiger partial charge in [-0.1, -0.05) is 135 Å². The van der Waals surface area contributed by atoms with Crippen LogP contribution in [0.5, 0.6) is 11.5 Å². The quantitative estimate of drug-likeness (QED) is 0.0551. The Morgan fingerprint density at radius 1 is 0.704 bits per heavy atom. The number of azo groups is 1. The van der Waals surface area contributed by atoms with Crippen molar-refractivity contribution in [2.75, 3.05) is 17.3 Å². The SMILES string of the molecule is COc1ccc(NC(=O)c2cc3ccccc3c(N=Nc3c(C#N)cnn3-c3ncccn3)c2O)cc1.O=C1C(c2ccc3cccc(N4C(=O)c5c(Cl)c(Cl)c(Cl)c(Cl)c5C4=O)c3n2)=C(O)c2c(Cl)c(Cl)c(Cl)c(Cl)c21.O=S(=O)=O. The van der Waals surface area contributed by atoms with Gasteiger partial charge in [0.15, 0.2) is 11.6 Å². The van der Waals surface area contributed by atoms with Crippen LogP contribution in [0, 0.1) is 11.3 Å². The van der Waals surface area contributed by atoms with Gasteiger partial charge in [0, 0.05) is 28.9 Å². The molecule has 0 saturated heterocycles. The number of aliphatic hydroxyl groups excluding tert-OH is 1. The van der Waals surface area contributed by atoms with Crippen LogP contribution in [-0.4, -0.2) is 78.2 Å². The highest BCUT2D eigenvalue weighted by Crippen LogP contribution is 2.51. The highest BCUT2D eigenvalue weighted by Gasteiger charge is 2.44. The predicted octanol–water partition coefficient (Wildman–Crippen LogP) is 14.0. The van der Waals surface area contributed by atoms with E-state index in [0.29, 0.717) is 27.6 Å². The maximum Gasteiger partial charge on any atom is 0.425 e. The molecule has 404 valence electrons. The summed E-state index contributed by atoms with van der Waals surface area (Å²) in [5, 5.41) is 47.4. The summed E-state index contributed by atoms with van der Waals surface area (Å²) in [6.45, 7) is 0. The Bertz CT molecular complexity index is 4400. The van der Waals surface area contributed by atoms with Crippen molar-refractivity contribution >= 4 is 183 Å². The van der Waals surface area contributed by atoms with Crippen molar-refractivity contribution in [1.29, 1.82) is 5.26 Å². The second-order valence-corrected chi connectivity index (χ2v) is 19.9. The van der Waals surface area contributed by atoms with Gasteiger partial charge in [-0.15, -0.1) is 22.9 Å². The summed E-state index contributed by atoms with van der Waals surface area (Å²) in [7, 11) is -1.56. The van der Waals surface area contributed by atoms with Gasteiger partial charge in [0.25, 0.3) is 23.7 Å². The second-order valence-electron chi connectivity index (χ2n) is 16.4. The van der Waals surface area contributed by atoms with Crippen LogP contribution in [0.15, 0.2) is 120 Å². The lowest BCUT2D eigenvalue weighted by molar-refractivity contribution is 0.0924. The van der Waals surface area contributed by atoms with E-state index in [2.05, 4.69) is 35.6 Å². The number of benzene rings is 6. The molecule has 2 aliphatic rings. The number of Topliss-reactive ketones (excluding diaryl/α,β-unsaturated/α-hetero) is 1. The third-order valence-corrected chi connectivity index (χ3v) is 15.5. The lowest BCUT2D eigenvalue weighted by atomic mass is 10.0. The van der Waals surface area contributed by atoms with Gasteiger partial charge in [0.1, 0.15) is 28.8 Å². The molecule has 3 aromatic heterocycles. The molecule has 0 atom stereocenters. The maximum absolute atomic E-state index is 13.5. The predicted molar refractivity (Wildman–Crippen MR) is 304 cm³/mol. The molecular weight excluding hydrogens is 1240 g/mol. The summed E-state index contributed by atoms with van der Waals surface area (Å²) in [6.07, 6.45) is 4.38. The number of rotatable bonds is 8. The number of para-hydroxylation sites is 1. The normalized spacial score (nSPS) is 12.5. The number of carbonyl (C=O) groups excluding carboxylic acids is 4. The largest absolute Gasteiger partial charge is 0.506 e. The molecule has 81 heavy (non-hydrogen) atoms. The van der Waals surface area contributed by atoms with Gasteiger partial charge in [-0.2, -0.15) is 15.0 Å². The number of nitriles is 1. The molecule has 3 amide bonds. The van der Waals surface area contributed by atoms with Crippen LogP contribution in [0.2, 0.25) is 40.2 Å². The van der Waals surface area contributed by atoms with Crippen LogP contribution in [-0.2, 0) is 10.6 Å². The minimum absolute atomic E-state index is 0.00297. The summed E-state index contributed by atoms with van der Waals surface area (Å²) in [5.74, 6) is -2.82. The van der Waals surface area contributed by atoms with Gasteiger partial charge in [0.05, 0.1) is 104 Å². The van der Waals surface area contributed by atoms with Gasteiger partial charge >= 0.3 is 10.6 Å². The molecular formula is C52H24Cl8N10O10S. The number of phenols is 1. The van der Waals surface area contributed by atoms with Crippen molar-refractivity contribution in [2.45, 2.75) is 0 Å². The number of hydrogen-bond acceptors (Lipinski definition) is 17. The zero-order valence-electron chi connectivity index (χ0n) is 40.0. The van der Waals surface area contributed by atoms with Crippen molar-refractivity contribution in [3.05, 3.63) is 189 Å². The number of amides is 3. The zero-order valence-corrected chi connectivity index (χ0v) is 46.9. The molecule has 0 bridgehead atoms. The first-order chi connectivity index (χ1) is 38.7. The number of imide groups is 1. The van der Waals surface area contributed by atoms with E-state index in [1.807, 2.05) is 6.07 Å². The molecule has 11 rings (SSSR count). The average Bonchev–Trinajstić information content (AvgIpc) is 4.21. The zero-order chi connectivity index (χ0) is 58.3. The van der Waals surface area contributed by atoms with Crippen LogP contribution in [0.1, 0.15) is 58.3 Å². The molecule has 1 aliphatic carbocycles. The number of halogens is 8. The number of fused-ring (bicyclic) bond motifs is 4. The van der Waals surface area contributed by atoms with Crippen LogP contribution in [0.25, 0.3) is 39.0 Å². The van der Waals surface area contributed by atoms with Crippen LogP contribution >= 0.6 is 92.8 Å². The number of nitrogens with one attached hydrogen (secondary N) is 1. The van der Waals surface area contributed by atoms with Crippen molar-refractivity contribution < 1.29 is 46.8 Å². The number of aromatic hydroxyl groups is 1. The van der Waals surface area contributed by atoms with E-state index < -0.39 is 39.9 Å². The Hall–Kier alpha value is -8.27. The fourth-order valence-electron chi connectivity index (χ4n) is 8.31. The first-order valence-corrected chi connectivity index (χ1v) is 26.4. The summed E-state index contributed by atoms with van der Waals surface area (Å²) in [4.78, 5) is 67.2. The minimum atomic E-state index is -3.11. The average molecular weight is 1260 g/mol. The Balaban J connectivity index is 0.000000184. The first kappa shape index (κ1) is 57.4. The van der Waals surface area contributed by atoms with E-state index in [1.54, 1.807) is 86.0 Å². The summed E-state index contributed by atoms with van der Waals surface area (Å²) < 4.78 is 31.7. The van der Waals surface area contributed by atoms with Crippen molar-refractivity contribution in [3.63, 3.8) is 0 Å². The van der Waals surface area contributed by atoms with Gasteiger partial charge in [-0.3, -0.25) is 19.2 Å². The molecule has 29 heteroatoms. The van der Waals surface area contributed by atoms with E-state index in [9.17, 15) is 34.7 Å². The number of nitrogens with zero attached hydrogens (tertiary/aromatic N) is 9. The van der Waals surface area contributed by atoms with Crippen molar-refractivity contribution in [3.8, 4) is 23.5 Å². The van der Waals surface area contributed by atoms with Gasteiger partial charge in [-0.05, 0) is 53.9 Å². The number of hydrogen-bond donors (Lipinski definition) is 3. The fraction of sp³-hybridized carbons (Fsp3) is 0.0192. The molecule has 0 saturated carbocycles. The molecule has 9 aromatic rings. The fourth-order valence-corrected chi connectivity index (χ4v) is 10.3. The number of aromatic nitrogens is 5. The minimum Gasteiger partial charge on any atom is -0.506 e. The van der Waals surface area contributed by atoms with E-state index in [1.165, 1.54) is 35.4 Å². The maximum atomic E-state index is 13.5. The van der Waals surface area contributed by atoms with Gasteiger partial charge in [-0.25, -0.2) is 19.9 Å². The highest BCUT2D eigenvalue weighted by molar-refractivity contribution is 7.59. The summed E-state index contributed by atoms with van der Waals surface area (Å²) in [6, 6.07) is 27.0. The van der Waals surface area contributed by atoms with E-state index >= 15 is 0 Å². The number of pyridine rings is 1. The number of carbonyl (C=O) groups is 4. The molecule has 0 unspecified atom stereocenters. The molecule has 20 nitrogen and oxygen atoms in total. The number of ether oxygens (including phenoxy) is 1. The lowest BCUT2D eigenvalue weighted by Gasteiger charge is -2.16. The molecule has 6 aromatic carbocycles. The van der Waals surface area contributed by atoms with Crippen LogP contribution in [0.4, 0.5) is 22.9 Å². The molecule has 0 fully saturated rings. The Morgan fingerprint density at radius 2 is 1.28 bits per heavy atom. The van der Waals surface area contributed by atoms with Gasteiger partial charge in [0.2, 0.25) is 5.78 Å².